The number of halogens is 1. The Morgan fingerprint density at radius 1 is 1.28 bits per heavy atom. The Balaban J connectivity index is 1.72. The molecule has 0 aromatic heterocycles. The number of hydrogen-bond donors (Lipinski definition) is 2. The summed E-state index contributed by atoms with van der Waals surface area (Å²) in [7, 11) is 0. The summed E-state index contributed by atoms with van der Waals surface area (Å²) in [5.41, 5.74) is 0.841. The number of nitrogens with one attached hydrogen (secondary N) is 2. The molecule has 1 saturated heterocycles. The van der Waals surface area contributed by atoms with Crippen LogP contribution >= 0.6 is 0 Å². The number of carbonyl (C=O) groups excluding carboxylic acids is 2. The lowest BCUT2D eigenvalue weighted by molar-refractivity contribution is -0.121. The zero-order valence-corrected chi connectivity index (χ0v) is 13.8. The molecule has 0 radical (unpaired) electrons. The molecule has 2 N–H and O–H groups in total. The number of rotatable bonds is 5. The number of benzene rings is 2. The van der Waals surface area contributed by atoms with Crippen LogP contribution in [-0.2, 0) is 21.7 Å². The summed E-state index contributed by atoms with van der Waals surface area (Å²) in [5, 5.41) is 5.64. The molecule has 1 atom stereocenters. The predicted octanol–water partition coefficient (Wildman–Crippen LogP) is 2.26. The van der Waals surface area contributed by atoms with Crippen LogP contribution in [0.1, 0.15) is 24.5 Å². The summed E-state index contributed by atoms with van der Waals surface area (Å²) in [6.45, 7) is 2.05. The average molecular weight is 342 g/mol. The number of ether oxygens (including phenoxy) is 1. The lowest BCUT2D eigenvalue weighted by Gasteiger charge is -2.28. The molecule has 2 amide bonds. The first-order valence-corrected chi connectivity index (χ1v) is 8.00. The van der Waals surface area contributed by atoms with Crippen LogP contribution < -0.4 is 15.4 Å². The van der Waals surface area contributed by atoms with Crippen molar-refractivity contribution in [3.63, 3.8) is 0 Å². The van der Waals surface area contributed by atoms with Crippen molar-refractivity contribution in [2.24, 2.45) is 0 Å². The van der Waals surface area contributed by atoms with Crippen LogP contribution in [0.2, 0.25) is 0 Å². The van der Waals surface area contributed by atoms with Crippen molar-refractivity contribution >= 4 is 11.8 Å². The van der Waals surface area contributed by atoms with Crippen molar-refractivity contribution < 1.29 is 18.7 Å². The monoisotopic (exact) mass is 342 g/mol. The van der Waals surface area contributed by atoms with E-state index in [2.05, 4.69) is 10.6 Å². The van der Waals surface area contributed by atoms with Crippen molar-refractivity contribution in [1.82, 2.24) is 10.6 Å². The third kappa shape index (κ3) is 3.96. The van der Waals surface area contributed by atoms with Gasteiger partial charge in [-0.05, 0) is 35.4 Å². The summed E-state index contributed by atoms with van der Waals surface area (Å²) in [6, 6.07) is 13.5. The van der Waals surface area contributed by atoms with Gasteiger partial charge in [0.2, 0.25) is 11.8 Å². The molecule has 3 rings (SSSR count). The van der Waals surface area contributed by atoms with Crippen LogP contribution in [-0.4, -0.2) is 18.4 Å². The first-order valence-electron chi connectivity index (χ1n) is 8.00. The van der Waals surface area contributed by atoms with Crippen LogP contribution in [0.5, 0.6) is 5.75 Å². The Bertz CT molecular complexity index is 792. The van der Waals surface area contributed by atoms with Crippen molar-refractivity contribution in [1.29, 1.82) is 0 Å². The van der Waals surface area contributed by atoms with E-state index < -0.39 is 5.54 Å². The Labute approximate surface area is 145 Å². The Morgan fingerprint density at radius 3 is 2.64 bits per heavy atom. The molecule has 6 heteroatoms. The quantitative estimate of drug-likeness (QED) is 0.876. The highest BCUT2D eigenvalue weighted by Gasteiger charge is 2.40. The summed E-state index contributed by atoms with van der Waals surface area (Å²) in [5.74, 6) is 0.0403. The smallest absolute Gasteiger partial charge is 0.222 e. The molecule has 0 saturated carbocycles. The fourth-order valence-electron chi connectivity index (χ4n) is 3.01. The second-order valence-electron chi connectivity index (χ2n) is 6.16. The molecule has 130 valence electrons. The van der Waals surface area contributed by atoms with Gasteiger partial charge in [-0.15, -0.1) is 0 Å². The van der Waals surface area contributed by atoms with Crippen LogP contribution in [0, 0.1) is 5.82 Å². The van der Waals surface area contributed by atoms with E-state index in [1.54, 1.807) is 24.3 Å². The van der Waals surface area contributed by atoms with Gasteiger partial charge < -0.3 is 15.4 Å². The van der Waals surface area contributed by atoms with Gasteiger partial charge in [0.15, 0.2) is 0 Å². The van der Waals surface area contributed by atoms with Crippen molar-refractivity contribution in [3.8, 4) is 5.75 Å². The van der Waals surface area contributed by atoms with Gasteiger partial charge >= 0.3 is 0 Å². The third-order valence-electron chi connectivity index (χ3n) is 4.17. The van der Waals surface area contributed by atoms with Gasteiger partial charge in [-0.3, -0.25) is 9.59 Å². The molecule has 0 aliphatic carbocycles. The van der Waals surface area contributed by atoms with Gasteiger partial charge in [0.1, 0.15) is 18.2 Å². The highest BCUT2D eigenvalue weighted by molar-refractivity contribution is 5.83. The first kappa shape index (κ1) is 17.0. The topological polar surface area (TPSA) is 67.4 Å². The van der Waals surface area contributed by atoms with Crippen LogP contribution in [0.25, 0.3) is 0 Å². The molecule has 0 unspecified atom stereocenters. The molecular formula is C19H19FN2O3. The van der Waals surface area contributed by atoms with Gasteiger partial charge in [-0.25, -0.2) is 4.39 Å². The first-order chi connectivity index (χ1) is 12.0. The highest BCUT2D eigenvalue weighted by atomic mass is 19.1. The molecule has 5 nitrogen and oxygen atoms in total. The molecule has 1 heterocycles. The molecule has 1 fully saturated rings. The van der Waals surface area contributed by atoms with Gasteiger partial charge in [-0.1, -0.05) is 24.3 Å². The van der Waals surface area contributed by atoms with Gasteiger partial charge in [0.05, 0.1) is 12.0 Å². The van der Waals surface area contributed by atoms with E-state index in [0.29, 0.717) is 12.3 Å². The Morgan fingerprint density at radius 2 is 2.04 bits per heavy atom. The molecule has 0 bridgehead atoms. The van der Waals surface area contributed by atoms with Crippen LogP contribution in [0.15, 0.2) is 48.5 Å². The van der Waals surface area contributed by atoms with E-state index in [1.807, 2.05) is 12.1 Å². The summed E-state index contributed by atoms with van der Waals surface area (Å²) in [4.78, 5) is 23.2. The lowest BCUT2D eigenvalue weighted by Crippen LogP contribution is -2.46. The zero-order chi connectivity index (χ0) is 17.9. The number of amides is 2. The number of carbonyl (C=O) groups is 2. The second kappa shape index (κ2) is 6.93. The molecule has 1 aliphatic rings. The van der Waals surface area contributed by atoms with Gasteiger partial charge in [0.25, 0.3) is 0 Å². The molecule has 2 aromatic rings. The fraction of sp³-hybridized carbons (Fsp3) is 0.263. The van der Waals surface area contributed by atoms with Crippen molar-refractivity contribution in [3.05, 3.63) is 65.5 Å². The van der Waals surface area contributed by atoms with Crippen LogP contribution in [0.3, 0.4) is 0 Å². The van der Waals surface area contributed by atoms with E-state index in [-0.39, 0.29) is 30.7 Å². The van der Waals surface area contributed by atoms with E-state index in [1.165, 1.54) is 19.1 Å². The average Bonchev–Trinajstić information content (AvgIpc) is 2.94. The van der Waals surface area contributed by atoms with E-state index in [9.17, 15) is 14.0 Å². The second-order valence-corrected chi connectivity index (χ2v) is 6.16. The normalized spacial score (nSPS) is 19.4. The maximum atomic E-state index is 13.2. The Kier molecular flexibility index (Phi) is 4.70. The van der Waals surface area contributed by atoms with E-state index >= 15 is 0 Å². The standard InChI is InChI=1S/C19H19FN2O3/c1-13(23)22-19(10-18(24)21-12-19)15-5-7-17(8-6-15)25-11-14-3-2-4-16(20)9-14/h2-9H,10-12H2,1H3,(H,21,24)(H,22,23)/t19-/m1/s1. The minimum atomic E-state index is -0.732. The summed E-state index contributed by atoms with van der Waals surface area (Å²) in [6.07, 6.45) is 0.204. The molecule has 1 aliphatic heterocycles. The molecule has 25 heavy (non-hydrogen) atoms. The summed E-state index contributed by atoms with van der Waals surface area (Å²) < 4.78 is 18.8. The zero-order valence-electron chi connectivity index (χ0n) is 13.8. The van der Waals surface area contributed by atoms with Gasteiger partial charge in [-0.2, -0.15) is 0 Å². The van der Waals surface area contributed by atoms with E-state index in [4.69, 9.17) is 4.74 Å². The SMILES string of the molecule is CC(=O)N[C@@]1(c2ccc(OCc3cccc(F)c3)cc2)CNC(=O)C1. The largest absolute Gasteiger partial charge is 0.489 e. The van der Waals surface area contributed by atoms with Crippen LogP contribution in [0.4, 0.5) is 4.39 Å². The highest BCUT2D eigenvalue weighted by Crippen LogP contribution is 2.30. The minimum absolute atomic E-state index is 0.0971. The van der Waals surface area contributed by atoms with E-state index in [0.717, 1.165) is 11.1 Å². The third-order valence-corrected chi connectivity index (χ3v) is 4.17. The maximum Gasteiger partial charge on any atom is 0.222 e. The van der Waals surface area contributed by atoms with Crippen molar-refractivity contribution in [2.75, 3.05) is 6.54 Å². The fourth-order valence-corrected chi connectivity index (χ4v) is 3.01. The Hall–Kier alpha value is -2.89. The minimum Gasteiger partial charge on any atom is -0.489 e. The number of hydrogen-bond acceptors (Lipinski definition) is 3. The lowest BCUT2D eigenvalue weighted by atomic mass is 9.88. The predicted molar refractivity (Wildman–Crippen MR) is 90.3 cm³/mol. The van der Waals surface area contributed by atoms with Crippen molar-refractivity contribution in [2.45, 2.75) is 25.5 Å². The molecule has 0 spiro atoms. The molecular weight excluding hydrogens is 323 g/mol. The van der Waals surface area contributed by atoms with Gasteiger partial charge in [0, 0.05) is 13.5 Å². The maximum absolute atomic E-state index is 13.2. The molecule has 2 aromatic carbocycles. The summed E-state index contributed by atoms with van der Waals surface area (Å²) >= 11 is 0.